The topological polar surface area (TPSA) is 92.3 Å². The number of carbonyl (C=O) groups is 2. The first kappa shape index (κ1) is 21.6. The van der Waals surface area contributed by atoms with Crippen LogP contribution in [-0.4, -0.2) is 18.5 Å². The third-order valence-electron chi connectivity index (χ3n) is 5.00. The van der Waals surface area contributed by atoms with Crippen LogP contribution in [0.1, 0.15) is 23.0 Å². The van der Waals surface area contributed by atoms with Crippen molar-refractivity contribution >= 4 is 34.4 Å². The monoisotopic (exact) mass is 436 g/mol. The predicted octanol–water partition coefficient (Wildman–Crippen LogP) is 5.82. The van der Waals surface area contributed by atoms with Crippen LogP contribution >= 0.6 is 0 Å². The molecule has 0 saturated heterocycles. The van der Waals surface area contributed by atoms with E-state index in [4.69, 9.17) is 9.15 Å². The second-order valence-corrected chi connectivity index (χ2v) is 7.15. The molecule has 3 aromatic carbocycles. The zero-order valence-electron chi connectivity index (χ0n) is 17.9. The Labute approximate surface area is 190 Å². The molecule has 4 rings (SSSR count). The standard InChI is InChI=1S/C27H20N2O4/c1-2-32-27(31)20-12-10-19(11-13-20)25-15-14-22(33-25)16-21(17-28)26(30)29-24-9-5-7-18-6-3-4-8-23(18)24/h3-16H,2H2,1H3,(H,29,30)/b21-16+. The Morgan fingerprint density at radius 2 is 1.76 bits per heavy atom. The Balaban J connectivity index is 1.53. The number of nitrogens with one attached hydrogen (secondary N) is 1. The highest BCUT2D eigenvalue weighted by atomic mass is 16.5. The van der Waals surface area contributed by atoms with Gasteiger partial charge in [-0.15, -0.1) is 0 Å². The zero-order valence-corrected chi connectivity index (χ0v) is 17.9. The molecule has 0 aliphatic heterocycles. The van der Waals surface area contributed by atoms with Crippen molar-refractivity contribution in [3.8, 4) is 17.4 Å². The lowest BCUT2D eigenvalue weighted by Gasteiger charge is -2.08. The van der Waals surface area contributed by atoms with Crippen molar-refractivity contribution in [3.63, 3.8) is 0 Å². The number of ether oxygens (including phenoxy) is 1. The summed E-state index contributed by atoms with van der Waals surface area (Å²) in [6, 6.07) is 25.4. The molecule has 0 unspecified atom stereocenters. The minimum absolute atomic E-state index is 0.0820. The summed E-state index contributed by atoms with van der Waals surface area (Å²) in [7, 11) is 0. The highest BCUT2D eigenvalue weighted by Crippen LogP contribution is 2.26. The van der Waals surface area contributed by atoms with E-state index in [9.17, 15) is 14.9 Å². The number of benzene rings is 3. The molecule has 162 valence electrons. The molecule has 1 heterocycles. The molecule has 0 radical (unpaired) electrons. The summed E-state index contributed by atoms with van der Waals surface area (Å²) in [4.78, 5) is 24.5. The van der Waals surface area contributed by atoms with Crippen LogP contribution in [0.3, 0.4) is 0 Å². The van der Waals surface area contributed by atoms with Crippen LogP contribution in [0.5, 0.6) is 0 Å². The van der Waals surface area contributed by atoms with Crippen LogP contribution in [0.15, 0.2) is 88.9 Å². The summed E-state index contributed by atoms with van der Waals surface area (Å²) in [5, 5.41) is 14.2. The van der Waals surface area contributed by atoms with Crippen LogP contribution in [-0.2, 0) is 9.53 Å². The van der Waals surface area contributed by atoms with Crippen LogP contribution in [0.2, 0.25) is 0 Å². The van der Waals surface area contributed by atoms with Gasteiger partial charge < -0.3 is 14.5 Å². The number of anilines is 1. The molecular formula is C27H20N2O4. The van der Waals surface area contributed by atoms with Crippen molar-refractivity contribution in [2.45, 2.75) is 6.92 Å². The minimum Gasteiger partial charge on any atom is -0.462 e. The predicted molar refractivity (Wildman–Crippen MR) is 126 cm³/mol. The molecule has 0 atom stereocenters. The first-order valence-electron chi connectivity index (χ1n) is 10.4. The number of carbonyl (C=O) groups excluding carboxylic acids is 2. The average Bonchev–Trinajstić information content (AvgIpc) is 3.31. The summed E-state index contributed by atoms with van der Waals surface area (Å²) in [5.41, 5.74) is 1.74. The zero-order chi connectivity index (χ0) is 23.2. The number of furan rings is 1. The summed E-state index contributed by atoms with van der Waals surface area (Å²) in [6.45, 7) is 2.06. The van der Waals surface area contributed by atoms with Crippen molar-refractivity contribution < 1.29 is 18.7 Å². The van der Waals surface area contributed by atoms with Crippen molar-refractivity contribution in [2.24, 2.45) is 0 Å². The molecule has 0 aliphatic carbocycles. The van der Waals surface area contributed by atoms with Gasteiger partial charge in [0, 0.05) is 22.7 Å². The van der Waals surface area contributed by atoms with Crippen LogP contribution < -0.4 is 5.32 Å². The van der Waals surface area contributed by atoms with Crippen molar-refractivity contribution in [2.75, 3.05) is 11.9 Å². The van der Waals surface area contributed by atoms with Gasteiger partial charge in [0.25, 0.3) is 5.91 Å². The van der Waals surface area contributed by atoms with Crippen LogP contribution in [0.25, 0.3) is 28.2 Å². The number of rotatable bonds is 6. The molecule has 0 bridgehead atoms. The Morgan fingerprint density at radius 3 is 2.52 bits per heavy atom. The molecule has 0 fully saturated rings. The molecule has 1 aromatic heterocycles. The fourth-order valence-corrected chi connectivity index (χ4v) is 3.39. The van der Waals surface area contributed by atoms with E-state index >= 15 is 0 Å². The molecule has 33 heavy (non-hydrogen) atoms. The molecule has 0 spiro atoms. The number of nitriles is 1. The highest BCUT2D eigenvalue weighted by Gasteiger charge is 2.13. The van der Waals surface area contributed by atoms with Gasteiger partial charge in [-0.3, -0.25) is 4.79 Å². The van der Waals surface area contributed by atoms with E-state index in [-0.39, 0.29) is 11.5 Å². The quantitative estimate of drug-likeness (QED) is 0.233. The molecule has 1 N–H and O–H groups in total. The van der Waals surface area contributed by atoms with E-state index in [1.165, 1.54) is 6.08 Å². The van der Waals surface area contributed by atoms with Gasteiger partial charge in [0.2, 0.25) is 0 Å². The van der Waals surface area contributed by atoms with Crippen molar-refractivity contribution in [1.29, 1.82) is 5.26 Å². The number of hydrogen-bond donors (Lipinski definition) is 1. The summed E-state index contributed by atoms with van der Waals surface area (Å²) >= 11 is 0. The number of hydrogen-bond acceptors (Lipinski definition) is 5. The van der Waals surface area contributed by atoms with E-state index in [1.807, 2.05) is 42.5 Å². The van der Waals surface area contributed by atoms with E-state index in [2.05, 4.69) is 5.32 Å². The summed E-state index contributed by atoms with van der Waals surface area (Å²) in [5.74, 6) is 0.000998. The second-order valence-electron chi connectivity index (χ2n) is 7.15. The third kappa shape index (κ3) is 4.83. The maximum Gasteiger partial charge on any atom is 0.338 e. The Bertz CT molecular complexity index is 1390. The maximum atomic E-state index is 12.7. The second kappa shape index (κ2) is 9.67. The smallest absolute Gasteiger partial charge is 0.338 e. The summed E-state index contributed by atoms with van der Waals surface area (Å²) in [6.07, 6.45) is 1.40. The molecule has 1 amide bonds. The summed E-state index contributed by atoms with van der Waals surface area (Å²) < 4.78 is 10.8. The maximum absolute atomic E-state index is 12.7. The van der Waals surface area contributed by atoms with E-state index in [1.54, 1.807) is 49.4 Å². The van der Waals surface area contributed by atoms with E-state index < -0.39 is 5.91 Å². The molecule has 0 saturated carbocycles. The first-order chi connectivity index (χ1) is 16.1. The largest absolute Gasteiger partial charge is 0.462 e. The van der Waals surface area contributed by atoms with Gasteiger partial charge in [-0.1, -0.05) is 48.5 Å². The van der Waals surface area contributed by atoms with Gasteiger partial charge >= 0.3 is 5.97 Å². The van der Waals surface area contributed by atoms with Gasteiger partial charge in [0.05, 0.1) is 12.2 Å². The lowest BCUT2D eigenvalue weighted by molar-refractivity contribution is -0.112. The first-order valence-corrected chi connectivity index (χ1v) is 10.4. The van der Waals surface area contributed by atoms with Gasteiger partial charge in [-0.05, 0) is 42.6 Å². The van der Waals surface area contributed by atoms with E-state index in [0.717, 1.165) is 16.3 Å². The van der Waals surface area contributed by atoms with Crippen molar-refractivity contribution in [1.82, 2.24) is 0 Å². The Morgan fingerprint density at radius 1 is 1.00 bits per heavy atom. The third-order valence-corrected chi connectivity index (χ3v) is 5.00. The normalized spacial score (nSPS) is 11.1. The lowest BCUT2D eigenvalue weighted by Crippen LogP contribution is -2.13. The molecule has 4 aromatic rings. The number of esters is 1. The van der Waals surface area contributed by atoms with Crippen LogP contribution in [0.4, 0.5) is 5.69 Å². The SMILES string of the molecule is CCOC(=O)c1ccc(-c2ccc(/C=C(\C#N)C(=O)Nc3cccc4ccccc34)o2)cc1. The fourth-order valence-electron chi connectivity index (χ4n) is 3.39. The molecular weight excluding hydrogens is 416 g/mol. The van der Waals surface area contributed by atoms with Gasteiger partial charge in [-0.2, -0.15) is 5.26 Å². The number of amides is 1. The van der Waals surface area contributed by atoms with Gasteiger partial charge in [-0.25, -0.2) is 4.79 Å². The lowest BCUT2D eigenvalue weighted by atomic mass is 10.1. The molecule has 6 nitrogen and oxygen atoms in total. The van der Waals surface area contributed by atoms with Crippen LogP contribution in [0, 0.1) is 11.3 Å². The van der Waals surface area contributed by atoms with Gasteiger partial charge in [0.1, 0.15) is 23.2 Å². The minimum atomic E-state index is -0.523. The van der Waals surface area contributed by atoms with Gasteiger partial charge in [0.15, 0.2) is 0 Å². The molecule has 0 aliphatic rings. The number of fused-ring (bicyclic) bond motifs is 1. The fraction of sp³-hybridized carbons (Fsp3) is 0.0741. The average molecular weight is 436 g/mol. The Kier molecular flexibility index (Phi) is 6.33. The Hall–Kier alpha value is -4.63. The van der Waals surface area contributed by atoms with E-state index in [0.29, 0.717) is 29.4 Å². The number of nitrogens with zero attached hydrogens (tertiary/aromatic N) is 1. The van der Waals surface area contributed by atoms with Crippen molar-refractivity contribution in [3.05, 3.63) is 95.8 Å². The molecule has 6 heteroatoms. The highest BCUT2D eigenvalue weighted by molar-refractivity contribution is 6.12.